The Kier molecular flexibility index (Phi) is 17.8. The molecular weight excluding hydrogens is 657 g/mol. The predicted molar refractivity (Wildman–Crippen MR) is 214 cm³/mol. The molecule has 1 aliphatic heterocycles. The molecule has 2 heterocycles. The molecule has 2 aromatic carbocycles. The first-order valence-electron chi connectivity index (χ1n) is 19.3. The van der Waals surface area contributed by atoms with Gasteiger partial charge in [0.15, 0.2) is 11.5 Å². The second kappa shape index (κ2) is 22.8. The molecular formula is C42H60N4O4S. The number of nitrogens with zero attached hydrogens (tertiary/aromatic N) is 2. The smallest absolute Gasteiger partial charge is 0.246 e. The second-order valence-corrected chi connectivity index (χ2v) is 14.4. The zero-order valence-corrected chi connectivity index (χ0v) is 31.8. The monoisotopic (exact) mass is 716 g/mol. The Balaban J connectivity index is 1.29. The van der Waals surface area contributed by atoms with E-state index >= 15 is 0 Å². The highest BCUT2D eigenvalue weighted by Gasteiger charge is 2.20. The lowest BCUT2D eigenvalue weighted by molar-refractivity contribution is -0.126. The van der Waals surface area contributed by atoms with E-state index in [2.05, 4.69) is 36.2 Å². The topological polar surface area (TPSA) is 98.1 Å². The third kappa shape index (κ3) is 13.9. The van der Waals surface area contributed by atoms with Crippen LogP contribution in [0.3, 0.4) is 0 Å². The Morgan fingerprint density at radius 2 is 1.35 bits per heavy atom. The van der Waals surface area contributed by atoms with E-state index in [1.54, 1.807) is 35.6 Å². The minimum Gasteiger partial charge on any atom is -0.502 e. The van der Waals surface area contributed by atoms with Gasteiger partial charge in [0.05, 0.1) is 18.1 Å². The van der Waals surface area contributed by atoms with Gasteiger partial charge in [0.1, 0.15) is 5.84 Å². The number of hydrogen-bond acceptors (Lipinski definition) is 7. The van der Waals surface area contributed by atoms with Crippen LogP contribution in [0.4, 0.5) is 11.4 Å². The highest BCUT2D eigenvalue weighted by atomic mass is 32.1. The first-order valence-corrected chi connectivity index (χ1v) is 20.2. The zero-order valence-electron chi connectivity index (χ0n) is 31.0. The number of aromatic hydroxyl groups is 1. The number of piperazine rings is 1. The number of hydrogen-bond donors (Lipinski definition) is 3. The van der Waals surface area contributed by atoms with Gasteiger partial charge in [-0.3, -0.25) is 10.2 Å². The Labute approximate surface area is 310 Å². The van der Waals surface area contributed by atoms with Crippen LogP contribution in [0.25, 0.3) is 6.08 Å². The van der Waals surface area contributed by atoms with Crippen LogP contribution in [-0.2, 0) is 4.79 Å². The van der Waals surface area contributed by atoms with Gasteiger partial charge >= 0.3 is 0 Å². The number of anilines is 2. The molecule has 0 aliphatic carbocycles. The van der Waals surface area contributed by atoms with E-state index in [1.807, 2.05) is 34.5 Å². The zero-order chi connectivity index (χ0) is 36.1. The fourth-order valence-corrected chi connectivity index (χ4v) is 6.87. The van der Waals surface area contributed by atoms with Gasteiger partial charge in [-0.05, 0) is 72.3 Å². The number of phenolic OH excluding ortho intramolecular Hbond substituents is 1. The van der Waals surface area contributed by atoms with Crippen LogP contribution >= 0.6 is 11.3 Å². The van der Waals surface area contributed by atoms with Crippen LogP contribution in [-0.4, -0.2) is 61.1 Å². The van der Waals surface area contributed by atoms with Crippen LogP contribution in [0.2, 0.25) is 0 Å². The van der Waals surface area contributed by atoms with Crippen molar-refractivity contribution in [3.8, 4) is 17.2 Å². The molecule has 3 aromatic rings. The molecule has 1 fully saturated rings. The van der Waals surface area contributed by atoms with Crippen molar-refractivity contribution >= 4 is 40.5 Å². The van der Waals surface area contributed by atoms with Gasteiger partial charge in [-0.25, -0.2) is 0 Å². The molecule has 1 aromatic heterocycles. The maximum atomic E-state index is 13.3. The van der Waals surface area contributed by atoms with Gasteiger partial charge in [-0.1, -0.05) is 97.0 Å². The van der Waals surface area contributed by atoms with E-state index in [4.69, 9.17) is 14.9 Å². The van der Waals surface area contributed by atoms with Crippen molar-refractivity contribution in [2.24, 2.45) is 0 Å². The number of rotatable bonds is 23. The number of ether oxygens (including phenoxy) is 2. The minimum atomic E-state index is -0.0366. The molecule has 0 radical (unpaired) electrons. The summed E-state index contributed by atoms with van der Waals surface area (Å²) in [4.78, 5) is 18.3. The van der Waals surface area contributed by atoms with Crippen LogP contribution < -0.4 is 19.7 Å². The average Bonchev–Trinajstić information content (AvgIpc) is 3.70. The summed E-state index contributed by atoms with van der Waals surface area (Å²) in [6.45, 7) is 8.27. The van der Waals surface area contributed by atoms with Crippen molar-refractivity contribution < 1.29 is 19.4 Å². The highest BCUT2D eigenvalue weighted by Crippen LogP contribution is 2.38. The average molecular weight is 717 g/mol. The number of carbonyl (C=O) groups is 1. The summed E-state index contributed by atoms with van der Waals surface area (Å²) in [5.74, 6) is 1.20. The van der Waals surface area contributed by atoms with Crippen molar-refractivity contribution in [2.45, 2.75) is 104 Å². The van der Waals surface area contributed by atoms with Crippen molar-refractivity contribution in [1.82, 2.24) is 4.90 Å². The molecule has 9 heteroatoms. The van der Waals surface area contributed by atoms with Gasteiger partial charge in [0.2, 0.25) is 11.7 Å². The SMILES string of the molecule is CCCCCCCCCOc1cc(C=CC(=O)N2CCN(c3ccc(NC(=N)c4cccs4)cc3)CC2)cc(OCCCCCCCCC)c1O. The highest BCUT2D eigenvalue weighted by molar-refractivity contribution is 7.12. The van der Waals surface area contributed by atoms with Crippen LogP contribution in [0.15, 0.2) is 60.0 Å². The third-order valence-electron chi connectivity index (χ3n) is 9.35. The maximum absolute atomic E-state index is 13.3. The second-order valence-electron chi connectivity index (χ2n) is 13.5. The van der Waals surface area contributed by atoms with Gasteiger partial charge in [-0.15, -0.1) is 11.3 Å². The molecule has 0 saturated carbocycles. The third-order valence-corrected chi connectivity index (χ3v) is 10.2. The number of unbranched alkanes of at least 4 members (excludes halogenated alkanes) is 12. The maximum Gasteiger partial charge on any atom is 0.246 e. The van der Waals surface area contributed by atoms with E-state index in [9.17, 15) is 9.90 Å². The van der Waals surface area contributed by atoms with Crippen molar-refractivity contribution in [3.05, 3.63) is 70.4 Å². The molecule has 278 valence electrons. The molecule has 1 amide bonds. The fraction of sp³-hybridized carbons (Fsp3) is 0.524. The normalized spacial score (nSPS) is 13.1. The molecule has 4 rings (SSSR count). The lowest BCUT2D eigenvalue weighted by Gasteiger charge is -2.35. The number of benzene rings is 2. The van der Waals surface area contributed by atoms with Crippen molar-refractivity contribution in [2.75, 3.05) is 49.6 Å². The van der Waals surface area contributed by atoms with Crippen LogP contribution in [0, 0.1) is 5.41 Å². The fourth-order valence-electron chi connectivity index (χ4n) is 6.24. The number of nitrogens with one attached hydrogen (secondary N) is 2. The molecule has 0 atom stereocenters. The summed E-state index contributed by atoms with van der Waals surface area (Å²) in [6.07, 6.45) is 20.1. The minimum absolute atomic E-state index is 0.0325. The van der Waals surface area contributed by atoms with E-state index in [-0.39, 0.29) is 11.7 Å². The quantitative estimate of drug-likeness (QED) is 0.0391. The first kappa shape index (κ1) is 39.8. The van der Waals surface area contributed by atoms with Gasteiger partial charge in [-0.2, -0.15) is 0 Å². The summed E-state index contributed by atoms with van der Waals surface area (Å²) >= 11 is 1.54. The predicted octanol–water partition coefficient (Wildman–Crippen LogP) is 10.5. The largest absolute Gasteiger partial charge is 0.502 e. The van der Waals surface area contributed by atoms with E-state index < -0.39 is 0 Å². The summed E-state index contributed by atoms with van der Waals surface area (Å²) in [6, 6.07) is 15.6. The van der Waals surface area contributed by atoms with E-state index in [1.165, 1.54) is 64.2 Å². The number of thiophene rings is 1. The molecule has 1 aliphatic rings. The van der Waals surface area contributed by atoms with Gasteiger partial charge < -0.3 is 29.7 Å². The van der Waals surface area contributed by atoms with Gasteiger partial charge in [0.25, 0.3) is 0 Å². The molecule has 8 nitrogen and oxygen atoms in total. The molecule has 0 bridgehead atoms. The van der Waals surface area contributed by atoms with Crippen molar-refractivity contribution in [3.63, 3.8) is 0 Å². The summed E-state index contributed by atoms with van der Waals surface area (Å²) < 4.78 is 12.1. The Morgan fingerprint density at radius 3 is 1.88 bits per heavy atom. The van der Waals surface area contributed by atoms with Crippen LogP contribution in [0.5, 0.6) is 17.2 Å². The molecule has 0 spiro atoms. The van der Waals surface area contributed by atoms with Crippen molar-refractivity contribution in [1.29, 1.82) is 5.41 Å². The molecule has 0 unspecified atom stereocenters. The first-order chi connectivity index (χ1) is 25.0. The molecule has 51 heavy (non-hydrogen) atoms. The number of amides is 1. The number of amidine groups is 1. The Bertz CT molecular complexity index is 1430. The summed E-state index contributed by atoms with van der Waals surface area (Å²) in [5.41, 5.74) is 2.75. The van der Waals surface area contributed by atoms with Gasteiger partial charge in [0, 0.05) is 43.6 Å². The van der Waals surface area contributed by atoms with E-state index in [0.29, 0.717) is 43.6 Å². The standard InChI is InChI=1S/C42H60N4O4S/c1-3-5-7-9-11-13-15-29-49-37-32-34(33-38(41(37)48)50-30-16-14-12-10-8-6-4-2)19-24-40(47)46-27-25-45(26-28-46)36-22-20-35(21-23-36)44-42(43)39-18-17-31-51-39/h17-24,31-33,48H,3-16,25-30H2,1-2H3,(H2,43,44). The number of carbonyl (C=O) groups excluding carboxylic acids is 1. The van der Waals surface area contributed by atoms with Crippen LogP contribution in [0.1, 0.15) is 114 Å². The number of phenols is 1. The summed E-state index contributed by atoms with van der Waals surface area (Å²) in [7, 11) is 0. The van der Waals surface area contributed by atoms with E-state index in [0.717, 1.165) is 60.6 Å². The Morgan fingerprint density at radius 1 is 0.804 bits per heavy atom. The summed E-state index contributed by atoms with van der Waals surface area (Å²) in [5, 5.41) is 24.4. The lowest BCUT2D eigenvalue weighted by atomic mass is 10.1. The Hall–Kier alpha value is -3.98. The lowest BCUT2D eigenvalue weighted by Crippen LogP contribution is -2.48. The molecule has 1 saturated heterocycles. The molecule has 3 N–H and O–H groups in total.